The maximum Gasteiger partial charge on any atom is 0.336 e. The molecular weight excluding hydrogens is 600 g/mol. The third-order valence-electron chi connectivity index (χ3n) is 7.31. The van der Waals surface area contributed by atoms with Crippen molar-refractivity contribution in [2.75, 3.05) is 17.3 Å². The van der Waals surface area contributed by atoms with Crippen LogP contribution >= 0.6 is 11.8 Å². The number of rotatable bonds is 8. The molecule has 1 aliphatic rings. The van der Waals surface area contributed by atoms with Gasteiger partial charge in [0.1, 0.15) is 11.4 Å². The first-order chi connectivity index (χ1) is 22.3. The van der Waals surface area contributed by atoms with Crippen molar-refractivity contribution in [2.45, 2.75) is 12.2 Å². The van der Waals surface area contributed by atoms with Crippen LogP contribution in [0.4, 0.5) is 11.4 Å². The van der Waals surface area contributed by atoms with Gasteiger partial charge in [0.05, 0.1) is 34.8 Å². The van der Waals surface area contributed by atoms with Gasteiger partial charge in [-0.15, -0.1) is 0 Å². The number of nitrogens with zero attached hydrogens (tertiary/aromatic N) is 3. The second kappa shape index (κ2) is 13.1. The summed E-state index contributed by atoms with van der Waals surface area (Å²) in [6.45, 7) is 1.75. The Morgan fingerprint density at radius 1 is 0.935 bits per heavy atom. The number of aliphatic imine (C=N–C) groups is 1. The Morgan fingerprint density at radius 2 is 1.63 bits per heavy atom. The fourth-order valence-corrected chi connectivity index (χ4v) is 5.85. The van der Waals surface area contributed by atoms with E-state index in [1.807, 2.05) is 60.7 Å². The zero-order valence-corrected chi connectivity index (χ0v) is 25.7. The number of hydrogen-bond acceptors (Lipinski definition) is 7. The van der Waals surface area contributed by atoms with Gasteiger partial charge in [0.15, 0.2) is 5.17 Å². The Labute approximate surface area is 269 Å². The van der Waals surface area contributed by atoms with Crippen molar-refractivity contribution in [3.8, 4) is 17.0 Å². The lowest BCUT2D eigenvalue weighted by atomic mass is 10.0. The van der Waals surface area contributed by atoms with Crippen LogP contribution in [-0.4, -0.2) is 45.4 Å². The van der Waals surface area contributed by atoms with E-state index in [1.165, 1.54) is 16.7 Å². The maximum absolute atomic E-state index is 13.5. The van der Waals surface area contributed by atoms with E-state index in [1.54, 1.807) is 68.6 Å². The molecule has 4 aromatic carbocycles. The molecule has 1 unspecified atom stereocenters. The van der Waals surface area contributed by atoms with E-state index in [-0.39, 0.29) is 23.1 Å². The van der Waals surface area contributed by atoms with Gasteiger partial charge in [0, 0.05) is 16.6 Å². The van der Waals surface area contributed by atoms with Crippen LogP contribution in [0.25, 0.3) is 28.2 Å². The quantitative estimate of drug-likeness (QED) is 0.176. The first-order valence-electron chi connectivity index (χ1n) is 14.4. The number of anilines is 2. The van der Waals surface area contributed by atoms with Crippen molar-refractivity contribution >= 4 is 63.1 Å². The third kappa shape index (κ3) is 6.38. The minimum Gasteiger partial charge on any atom is -0.497 e. The number of aromatic nitrogens is 1. The fourth-order valence-electron chi connectivity index (χ4n) is 4.92. The minimum atomic E-state index is -1.03. The van der Waals surface area contributed by atoms with Crippen LogP contribution in [0.2, 0.25) is 0 Å². The number of ether oxygens (including phenoxy) is 1. The fraction of sp³-hybridized carbons (Fsp3) is 0.0833. The molecule has 2 N–H and O–H groups in total. The van der Waals surface area contributed by atoms with Crippen molar-refractivity contribution in [3.05, 3.63) is 126 Å². The third-order valence-corrected chi connectivity index (χ3v) is 8.36. The molecule has 5 aromatic rings. The molecule has 0 saturated heterocycles. The summed E-state index contributed by atoms with van der Waals surface area (Å²) in [5.41, 5.74) is 4.23. The molecule has 0 radical (unpaired) electrons. The number of amides is 2. The topological polar surface area (TPSA) is 121 Å². The van der Waals surface area contributed by atoms with E-state index in [9.17, 15) is 19.5 Å². The number of amidine groups is 1. The van der Waals surface area contributed by atoms with Crippen LogP contribution in [0, 0.1) is 0 Å². The molecule has 0 bridgehead atoms. The first kappa shape index (κ1) is 30.3. The van der Waals surface area contributed by atoms with Gasteiger partial charge in [0.25, 0.3) is 5.91 Å². The minimum absolute atomic E-state index is 0.170. The predicted molar refractivity (Wildman–Crippen MR) is 182 cm³/mol. The van der Waals surface area contributed by atoms with Gasteiger partial charge in [0.2, 0.25) is 5.91 Å². The van der Waals surface area contributed by atoms with E-state index in [4.69, 9.17) is 4.74 Å². The molecule has 10 heteroatoms. The van der Waals surface area contributed by atoms with Crippen LogP contribution in [0.15, 0.2) is 120 Å². The average Bonchev–Trinajstić information content (AvgIpc) is 3.38. The molecule has 2 heterocycles. The summed E-state index contributed by atoms with van der Waals surface area (Å²) < 4.78 is 5.23. The van der Waals surface area contributed by atoms with Crippen LogP contribution in [0.1, 0.15) is 22.8 Å². The molecule has 9 nitrogen and oxygen atoms in total. The summed E-state index contributed by atoms with van der Waals surface area (Å²) in [6, 6.07) is 32.2. The van der Waals surface area contributed by atoms with Crippen LogP contribution in [0.5, 0.6) is 5.75 Å². The molecule has 1 atom stereocenters. The lowest BCUT2D eigenvalue weighted by Crippen LogP contribution is -2.33. The monoisotopic (exact) mass is 628 g/mol. The molecule has 1 aromatic heterocycles. The van der Waals surface area contributed by atoms with Gasteiger partial charge >= 0.3 is 5.97 Å². The largest absolute Gasteiger partial charge is 0.497 e. The summed E-state index contributed by atoms with van der Waals surface area (Å²) in [6.07, 6.45) is 1.71. The lowest BCUT2D eigenvalue weighted by molar-refractivity contribution is -0.115. The normalized spacial score (nSPS) is 14.3. The molecular formula is C36H28N4O5S. The smallest absolute Gasteiger partial charge is 0.336 e. The van der Waals surface area contributed by atoms with Gasteiger partial charge in [-0.25, -0.2) is 14.8 Å². The summed E-state index contributed by atoms with van der Waals surface area (Å²) in [5, 5.41) is 13.0. The number of carbonyl (C=O) groups excluding carboxylic acids is 2. The van der Waals surface area contributed by atoms with Crippen LogP contribution in [0.3, 0.4) is 0 Å². The highest BCUT2D eigenvalue weighted by molar-refractivity contribution is 8.15. The Bertz CT molecular complexity index is 2010. The van der Waals surface area contributed by atoms with E-state index < -0.39 is 11.2 Å². The molecule has 0 fully saturated rings. The Kier molecular flexibility index (Phi) is 8.62. The lowest BCUT2D eigenvalue weighted by Gasteiger charge is -2.20. The standard InChI is InChI=1S/C36H28N4O5S/c1-22(33(41)37-25-16-14-24(15-17-25)31-21-29(35(43)44)28-10-6-7-11-30(28)38-31)46-36-39-32(20-23-12-18-27(45-2)19-13-23)34(42)40(36)26-8-4-3-5-9-26/h3-22H,1-2H3,(H,37,41)(H,43,44)/b32-20-. The van der Waals surface area contributed by atoms with Crippen LogP contribution < -0.4 is 15.0 Å². The average molecular weight is 629 g/mol. The van der Waals surface area contributed by atoms with Gasteiger partial charge in [-0.2, -0.15) is 0 Å². The zero-order chi connectivity index (χ0) is 32.2. The van der Waals surface area contributed by atoms with Gasteiger partial charge < -0.3 is 15.2 Å². The number of benzene rings is 4. The summed E-state index contributed by atoms with van der Waals surface area (Å²) >= 11 is 1.18. The molecule has 46 heavy (non-hydrogen) atoms. The number of nitrogens with one attached hydrogen (secondary N) is 1. The van der Waals surface area contributed by atoms with Crippen molar-refractivity contribution in [1.82, 2.24) is 4.98 Å². The number of carboxylic acids is 1. The SMILES string of the molecule is COc1ccc(/C=C2\N=C(SC(C)C(=O)Nc3ccc(-c4cc(C(=O)O)c5ccccc5n4)cc3)N(c3ccccc3)C2=O)cc1. The zero-order valence-electron chi connectivity index (χ0n) is 24.9. The van der Waals surface area contributed by atoms with E-state index in [0.29, 0.717) is 44.5 Å². The maximum atomic E-state index is 13.5. The van der Waals surface area contributed by atoms with E-state index in [0.717, 1.165) is 5.56 Å². The van der Waals surface area contributed by atoms with Crippen molar-refractivity contribution in [3.63, 3.8) is 0 Å². The number of thioether (sulfide) groups is 1. The molecule has 0 spiro atoms. The Hall–Kier alpha value is -5.74. The second-order valence-corrected chi connectivity index (χ2v) is 11.7. The Morgan fingerprint density at radius 3 is 2.33 bits per heavy atom. The molecule has 0 saturated carbocycles. The number of hydrogen-bond donors (Lipinski definition) is 2. The summed E-state index contributed by atoms with van der Waals surface area (Å²) in [7, 11) is 1.59. The number of carboxylic acid groups (broad SMARTS) is 1. The van der Waals surface area contributed by atoms with Crippen molar-refractivity contribution < 1.29 is 24.2 Å². The van der Waals surface area contributed by atoms with Crippen LogP contribution in [-0.2, 0) is 9.59 Å². The number of para-hydroxylation sites is 2. The predicted octanol–water partition coefficient (Wildman–Crippen LogP) is 7.11. The molecule has 6 rings (SSSR count). The first-order valence-corrected chi connectivity index (χ1v) is 15.2. The highest BCUT2D eigenvalue weighted by Crippen LogP contribution is 2.32. The van der Waals surface area contributed by atoms with Gasteiger partial charge in [-0.05, 0) is 67.1 Å². The van der Waals surface area contributed by atoms with E-state index in [2.05, 4.69) is 15.3 Å². The molecule has 0 aliphatic carbocycles. The Balaban J connectivity index is 1.20. The highest BCUT2D eigenvalue weighted by atomic mass is 32.2. The second-order valence-electron chi connectivity index (χ2n) is 10.4. The number of fused-ring (bicyclic) bond motifs is 1. The number of aromatic carboxylic acids is 1. The number of carbonyl (C=O) groups is 3. The summed E-state index contributed by atoms with van der Waals surface area (Å²) in [5.74, 6) is -0.887. The highest BCUT2D eigenvalue weighted by Gasteiger charge is 2.34. The number of methoxy groups -OCH3 is 1. The van der Waals surface area contributed by atoms with Gasteiger partial charge in [-0.1, -0.05) is 72.4 Å². The van der Waals surface area contributed by atoms with Crippen molar-refractivity contribution in [1.29, 1.82) is 0 Å². The molecule has 228 valence electrons. The van der Waals surface area contributed by atoms with Gasteiger partial charge in [-0.3, -0.25) is 14.5 Å². The number of pyridine rings is 1. The molecule has 2 amide bonds. The molecule has 1 aliphatic heterocycles. The van der Waals surface area contributed by atoms with Crippen molar-refractivity contribution in [2.24, 2.45) is 4.99 Å². The van der Waals surface area contributed by atoms with E-state index >= 15 is 0 Å². The summed E-state index contributed by atoms with van der Waals surface area (Å²) in [4.78, 5) is 49.5.